The maximum absolute atomic E-state index is 11.9. The van der Waals surface area contributed by atoms with Gasteiger partial charge in [0, 0.05) is 25.7 Å². The lowest BCUT2D eigenvalue weighted by Crippen LogP contribution is -2.49. The van der Waals surface area contributed by atoms with Crippen molar-refractivity contribution >= 4 is 5.91 Å². The summed E-state index contributed by atoms with van der Waals surface area (Å²) in [6.07, 6.45) is 2.08. The fraction of sp³-hybridized carbons (Fsp3) is 0.917. The standard InChI is InChI=1S/C12H23N3O2/c1-10(9-15-5-7-17-8-6-15)14-12(16)11-3-2-4-13-11/h10-11,13H,2-9H2,1H3,(H,14,16)/t10?,11-/m0/s1. The largest absolute Gasteiger partial charge is 0.379 e. The second kappa shape index (κ2) is 6.33. The van der Waals surface area contributed by atoms with Crippen LogP contribution in [0.4, 0.5) is 0 Å². The van der Waals surface area contributed by atoms with Gasteiger partial charge in [-0.1, -0.05) is 0 Å². The van der Waals surface area contributed by atoms with E-state index in [9.17, 15) is 4.79 Å². The van der Waals surface area contributed by atoms with E-state index in [0.29, 0.717) is 0 Å². The second-order valence-electron chi connectivity index (χ2n) is 4.97. The third kappa shape index (κ3) is 3.94. The van der Waals surface area contributed by atoms with Gasteiger partial charge >= 0.3 is 0 Å². The molecular weight excluding hydrogens is 218 g/mol. The molecule has 2 aliphatic heterocycles. The molecule has 2 N–H and O–H groups in total. The average molecular weight is 241 g/mol. The van der Waals surface area contributed by atoms with Crippen molar-refractivity contribution in [3.63, 3.8) is 0 Å². The molecule has 0 spiro atoms. The number of rotatable bonds is 4. The number of carbonyl (C=O) groups is 1. The summed E-state index contributed by atoms with van der Waals surface area (Å²) < 4.78 is 5.30. The molecule has 2 rings (SSSR count). The van der Waals surface area contributed by atoms with Gasteiger partial charge in [0.1, 0.15) is 0 Å². The minimum absolute atomic E-state index is 0.0298. The van der Waals surface area contributed by atoms with E-state index in [0.717, 1.165) is 52.2 Å². The summed E-state index contributed by atoms with van der Waals surface area (Å²) in [5.41, 5.74) is 0. The number of morpholine rings is 1. The molecule has 2 aliphatic rings. The fourth-order valence-corrected chi connectivity index (χ4v) is 2.47. The van der Waals surface area contributed by atoms with E-state index in [-0.39, 0.29) is 18.0 Å². The predicted molar refractivity (Wildman–Crippen MR) is 65.9 cm³/mol. The van der Waals surface area contributed by atoms with Crippen molar-refractivity contribution in [2.75, 3.05) is 39.4 Å². The van der Waals surface area contributed by atoms with Gasteiger partial charge in [-0.15, -0.1) is 0 Å². The van der Waals surface area contributed by atoms with E-state index in [2.05, 4.69) is 22.5 Å². The van der Waals surface area contributed by atoms with Crippen LogP contribution in [0.2, 0.25) is 0 Å². The summed E-state index contributed by atoms with van der Waals surface area (Å²) in [5.74, 6) is 0.156. The zero-order valence-corrected chi connectivity index (χ0v) is 10.6. The highest BCUT2D eigenvalue weighted by Gasteiger charge is 2.23. The van der Waals surface area contributed by atoms with Crippen molar-refractivity contribution in [2.45, 2.75) is 31.8 Å². The van der Waals surface area contributed by atoms with Crippen LogP contribution in [-0.4, -0.2) is 62.3 Å². The van der Waals surface area contributed by atoms with Gasteiger partial charge in [0.25, 0.3) is 0 Å². The zero-order chi connectivity index (χ0) is 12.1. The lowest BCUT2D eigenvalue weighted by Gasteiger charge is -2.29. The number of ether oxygens (including phenoxy) is 1. The summed E-state index contributed by atoms with van der Waals surface area (Å²) in [7, 11) is 0. The number of nitrogens with one attached hydrogen (secondary N) is 2. The van der Waals surface area contributed by atoms with Crippen LogP contribution >= 0.6 is 0 Å². The maximum atomic E-state index is 11.9. The lowest BCUT2D eigenvalue weighted by molar-refractivity contribution is -0.123. The molecule has 0 aromatic carbocycles. The molecule has 17 heavy (non-hydrogen) atoms. The first-order valence-corrected chi connectivity index (χ1v) is 6.59. The van der Waals surface area contributed by atoms with Crippen LogP contribution in [0.25, 0.3) is 0 Å². The molecule has 0 bridgehead atoms. The van der Waals surface area contributed by atoms with Crippen LogP contribution in [0, 0.1) is 0 Å². The summed E-state index contributed by atoms with van der Waals surface area (Å²) in [4.78, 5) is 14.2. The van der Waals surface area contributed by atoms with Crippen molar-refractivity contribution in [1.29, 1.82) is 0 Å². The highest BCUT2D eigenvalue weighted by Crippen LogP contribution is 2.05. The van der Waals surface area contributed by atoms with Crippen molar-refractivity contribution in [2.24, 2.45) is 0 Å². The van der Waals surface area contributed by atoms with Crippen LogP contribution in [0.15, 0.2) is 0 Å². The summed E-state index contributed by atoms with van der Waals surface area (Å²) in [6.45, 7) is 7.53. The number of hydrogen-bond donors (Lipinski definition) is 2. The third-order valence-corrected chi connectivity index (χ3v) is 3.40. The van der Waals surface area contributed by atoms with Crippen LogP contribution < -0.4 is 10.6 Å². The Hall–Kier alpha value is -0.650. The Morgan fingerprint density at radius 3 is 2.94 bits per heavy atom. The smallest absolute Gasteiger partial charge is 0.237 e. The Bertz CT molecular complexity index is 248. The highest BCUT2D eigenvalue weighted by atomic mass is 16.5. The molecule has 1 amide bonds. The molecule has 0 saturated carbocycles. The van der Waals surface area contributed by atoms with Gasteiger partial charge in [-0.25, -0.2) is 0 Å². The molecule has 5 heteroatoms. The monoisotopic (exact) mass is 241 g/mol. The van der Waals surface area contributed by atoms with Gasteiger partial charge in [0.2, 0.25) is 5.91 Å². The molecule has 2 atom stereocenters. The SMILES string of the molecule is CC(CN1CCOCC1)NC(=O)[C@@H]1CCCN1. The molecule has 2 saturated heterocycles. The lowest BCUT2D eigenvalue weighted by atomic mass is 10.2. The molecular formula is C12H23N3O2. The van der Waals surface area contributed by atoms with Gasteiger partial charge in [0.15, 0.2) is 0 Å². The van der Waals surface area contributed by atoms with E-state index in [4.69, 9.17) is 4.74 Å². The van der Waals surface area contributed by atoms with Crippen LogP contribution in [-0.2, 0) is 9.53 Å². The van der Waals surface area contributed by atoms with Gasteiger partial charge in [0.05, 0.1) is 19.3 Å². The Labute approximate surface area is 103 Å². The van der Waals surface area contributed by atoms with Gasteiger partial charge in [-0.3, -0.25) is 9.69 Å². The first-order valence-electron chi connectivity index (χ1n) is 6.59. The van der Waals surface area contributed by atoms with Gasteiger partial charge in [-0.2, -0.15) is 0 Å². The Morgan fingerprint density at radius 2 is 2.29 bits per heavy atom. The topological polar surface area (TPSA) is 53.6 Å². The summed E-state index contributed by atoms with van der Waals surface area (Å²) in [5, 5.41) is 6.30. The van der Waals surface area contributed by atoms with Crippen molar-refractivity contribution in [3.05, 3.63) is 0 Å². The molecule has 0 aromatic heterocycles. The van der Waals surface area contributed by atoms with Gasteiger partial charge < -0.3 is 15.4 Å². The number of amides is 1. The quantitative estimate of drug-likeness (QED) is 0.701. The number of carbonyl (C=O) groups excluding carboxylic acids is 1. The molecule has 1 unspecified atom stereocenters. The van der Waals surface area contributed by atoms with Crippen molar-refractivity contribution < 1.29 is 9.53 Å². The van der Waals surface area contributed by atoms with E-state index < -0.39 is 0 Å². The van der Waals surface area contributed by atoms with Gasteiger partial charge in [-0.05, 0) is 26.3 Å². The fourth-order valence-electron chi connectivity index (χ4n) is 2.47. The van der Waals surface area contributed by atoms with Crippen LogP contribution in [0.5, 0.6) is 0 Å². The third-order valence-electron chi connectivity index (χ3n) is 3.40. The molecule has 0 aliphatic carbocycles. The molecule has 0 aromatic rings. The molecule has 2 fully saturated rings. The molecule has 98 valence electrons. The van der Waals surface area contributed by atoms with Crippen molar-refractivity contribution in [3.8, 4) is 0 Å². The molecule has 5 nitrogen and oxygen atoms in total. The summed E-state index contributed by atoms with van der Waals surface area (Å²) in [6, 6.07) is 0.241. The number of hydrogen-bond acceptors (Lipinski definition) is 4. The Kier molecular flexibility index (Phi) is 4.76. The normalized spacial score (nSPS) is 27.9. The average Bonchev–Trinajstić information content (AvgIpc) is 2.83. The molecule has 2 heterocycles. The predicted octanol–water partition coefficient (Wildman–Crippen LogP) is -0.425. The van der Waals surface area contributed by atoms with Crippen LogP contribution in [0.3, 0.4) is 0 Å². The van der Waals surface area contributed by atoms with Crippen LogP contribution in [0.1, 0.15) is 19.8 Å². The highest BCUT2D eigenvalue weighted by molar-refractivity contribution is 5.82. The minimum Gasteiger partial charge on any atom is -0.379 e. The maximum Gasteiger partial charge on any atom is 0.237 e. The Balaban J connectivity index is 1.68. The Morgan fingerprint density at radius 1 is 1.53 bits per heavy atom. The molecule has 0 radical (unpaired) electrons. The van der Waals surface area contributed by atoms with Crippen molar-refractivity contribution in [1.82, 2.24) is 15.5 Å². The van der Waals surface area contributed by atoms with E-state index in [1.54, 1.807) is 0 Å². The zero-order valence-electron chi connectivity index (χ0n) is 10.6. The van der Waals surface area contributed by atoms with E-state index in [1.807, 2.05) is 0 Å². The van der Waals surface area contributed by atoms with E-state index >= 15 is 0 Å². The second-order valence-corrected chi connectivity index (χ2v) is 4.97. The van der Waals surface area contributed by atoms with E-state index in [1.165, 1.54) is 0 Å². The first-order chi connectivity index (χ1) is 8.25. The minimum atomic E-state index is 0.0298. The number of nitrogens with zero attached hydrogens (tertiary/aromatic N) is 1. The summed E-state index contributed by atoms with van der Waals surface area (Å²) >= 11 is 0. The first kappa shape index (κ1) is 12.8.